The van der Waals surface area contributed by atoms with Crippen LogP contribution in [0.25, 0.3) is 149 Å². The van der Waals surface area contributed by atoms with E-state index < -0.39 is 0 Å². The van der Waals surface area contributed by atoms with E-state index >= 15 is 0 Å². The van der Waals surface area contributed by atoms with Crippen LogP contribution in [0, 0.1) is 0 Å². The van der Waals surface area contributed by atoms with E-state index in [1.54, 1.807) is 0 Å². The fourth-order valence-electron chi connectivity index (χ4n) is 12.8. The summed E-state index contributed by atoms with van der Waals surface area (Å²) in [5.41, 5.74) is 17.2. The average Bonchev–Trinajstić information content (AvgIpc) is 3.94. The van der Waals surface area contributed by atoms with Gasteiger partial charge in [-0.1, -0.05) is 103 Å². The summed E-state index contributed by atoms with van der Waals surface area (Å²) in [6, 6.07) is 67.0. The molecule has 0 amide bonds. The molecule has 0 aliphatic heterocycles. The van der Waals surface area contributed by atoms with Crippen LogP contribution in [0.3, 0.4) is 0 Å². The van der Waals surface area contributed by atoms with Gasteiger partial charge >= 0.3 is 0 Å². The van der Waals surface area contributed by atoms with Crippen LogP contribution in [0.1, 0.15) is 0 Å². The molecule has 17 rings (SSSR count). The Morgan fingerprint density at radius 2 is 0.582 bits per heavy atom. The molecule has 17 aromatic rings. The lowest BCUT2D eigenvalue weighted by molar-refractivity contribution is 1.01. The van der Waals surface area contributed by atoms with Gasteiger partial charge in [0.15, 0.2) is 0 Å². The molecule has 79 heavy (non-hydrogen) atoms. The Labute approximate surface area is 449 Å². The average molecular weight is 1010 g/mol. The number of rotatable bonds is 7. The number of nitrogens with zero attached hydrogens (tertiary/aromatic N) is 11. The smallest absolute Gasteiger partial charge is 0.148 e. The standard InChI is InChI=1S/C68H41N11/c1-2-14-43(15-3-1)75-61-25-13-8-20-52(61)74-68(75)63-62(42-26-32-69-33-27-42)64(76-53-21-9-4-16-44(53)48-38-70-34-28-57(48)76)66(78-55-23-11-6-18-46(55)50-40-72-36-30-59(50)78)67(79-56-24-12-7-19-47(56)51-41-73-37-31-60(51)79)65(63)77-54-22-10-5-17-45(54)49-39-71-35-29-58(49)77/h1-41H. The van der Waals surface area contributed by atoms with Gasteiger partial charge in [0.25, 0.3) is 0 Å². The van der Waals surface area contributed by atoms with Crippen molar-refractivity contribution < 1.29 is 0 Å². The first kappa shape index (κ1) is 43.2. The molecule has 11 nitrogen and oxygen atoms in total. The first-order chi connectivity index (χ1) is 39.3. The predicted molar refractivity (Wildman–Crippen MR) is 318 cm³/mol. The molecular weight excluding hydrogens is 971 g/mol. The van der Waals surface area contributed by atoms with Crippen LogP contribution in [0.5, 0.6) is 0 Å². The summed E-state index contributed by atoms with van der Waals surface area (Å²) in [4.78, 5) is 29.9. The van der Waals surface area contributed by atoms with E-state index in [0.29, 0.717) is 0 Å². The number of imidazole rings is 1. The second-order valence-corrected chi connectivity index (χ2v) is 20.0. The highest BCUT2D eigenvalue weighted by Crippen LogP contribution is 2.54. The molecule has 10 heterocycles. The van der Waals surface area contributed by atoms with Crippen molar-refractivity contribution in [3.05, 3.63) is 250 Å². The van der Waals surface area contributed by atoms with Gasteiger partial charge in [0.1, 0.15) is 5.82 Å². The summed E-state index contributed by atoms with van der Waals surface area (Å²) >= 11 is 0. The minimum absolute atomic E-state index is 0.750. The number of para-hydroxylation sites is 7. The third kappa shape index (κ3) is 6.06. The minimum atomic E-state index is 0.750. The van der Waals surface area contributed by atoms with E-state index in [2.05, 4.69) is 211 Å². The second-order valence-electron chi connectivity index (χ2n) is 20.0. The number of hydrogen-bond donors (Lipinski definition) is 0. The zero-order valence-corrected chi connectivity index (χ0v) is 42.1. The Bertz CT molecular complexity index is 5120. The third-order valence-corrected chi connectivity index (χ3v) is 16.0. The first-order valence-electron chi connectivity index (χ1n) is 26.3. The fraction of sp³-hybridized carbons (Fsp3) is 0. The molecular formula is C68H41N11. The van der Waals surface area contributed by atoms with E-state index in [-0.39, 0.29) is 0 Å². The largest absolute Gasteiger partial charge is 0.306 e. The Morgan fingerprint density at radius 3 is 1.03 bits per heavy atom. The lowest BCUT2D eigenvalue weighted by Crippen LogP contribution is -2.17. The van der Waals surface area contributed by atoms with E-state index in [9.17, 15) is 0 Å². The lowest BCUT2D eigenvalue weighted by atomic mass is 9.91. The molecule has 0 N–H and O–H groups in total. The van der Waals surface area contributed by atoms with Crippen molar-refractivity contribution in [2.75, 3.05) is 0 Å². The molecule has 0 aliphatic rings. The summed E-state index contributed by atoms with van der Waals surface area (Å²) < 4.78 is 12.3. The van der Waals surface area contributed by atoms with E-state index in [1.165, 1.54) is 0 Å². The molecule has 0 aliphatic carbocycles. The van der Waals surface area contributed by atoms with Crippen molar-refractivity contribution in [1.82, 2.24) is 52.7 Å². The van der Waals surface area contributed by atoms with Crippen molar-refractivity contribution in [3.63, 3.8) is 0 Å². The molecule has 0 saturated carbocycles. The van der Waals surface area contributed by atoms with Gasteiger partial charge in [-0.2, -0.15) is 0 Å². The SMILES string of the molecule is c1ccc(-n2c(-c3c(-c4ccncc4)c(-n4c5ccccc5c5cnccc54)c(-n4c5ccccc5c5cnccc54)c(-n4c5ccccc5c5cnccc54)c3-n3c4ccccc4c4cnccc43)nc3ccccc32)cc1. The highest BCUT2D eigenvalue weighted by atomic mass is 15.2. The van der Waals surface area contributed by atoms with Gasteiger partial charge < -0.3 is 18.3 Å². The molecule has 11 heteroatoms. The van der Waals surface area contributed by atoms with Crippen molar-refractivity contribution in [2.45, 2.75) is 0 Å². The normalized spacial score (nSPS) is 12.1. The van der Waals surface area contributed by atoms with Crippen molar-refractivity contribution in [2.24, 2.45) is 0 Å². The molecule has 0 saturated heterocycles. The highest BCUT2D eigenvalue weighted by molar-refractivity contribution is 6.18. The minimum Gasteiger partial charge on any atom is -0.306 e. The summed E-state index contributed by atoms with van der Waals surface area (Å²) in [5, 5.41) is 8.38. The number of hydrogen-bond acceptors (Lipinski definition) is 6. The molecule has 10 aromatic heterocycles. The summed E-state index contributed by atoms with van der Waals surface area (Å²) in [6.07, 6.45) is 19.5. The Kier molecular flexibility index (Phi) is 9.15. The summed E-state index contributed by atoms with van der Waals surface area (Å²) in [5.74, 6) is 0.750. The van der Waals surface area contributed by atoms with Crippen molar-refractivity contribution >= 4 is 98.3 Å². The quantitative estimate of drug-likeness (QED) is 0.158. The van der Waals surface area contributed by atoms with Gasteiger partial charge in [-0.05, 0) is 90.5 Å². The highest BCUT2D eigenvalue weighted by Gasteiger charge is 2.37. The number of fused-ring (bicyclic) bond motifs is 13. The first-order valence-corrected chi connectivity index (χ1v) is 26.3. The maximum absolute atomic E-state index is 5.93. The summed E-state index contributed by atoms with van der Waals surface area (Å²) in [7, 11) is 0. The third-order valence-electron chi connectivity index (χ3n) is 16.0. The van der Waals surface area contributed by atoms with Crippen LogP contribution in [0.15, 0.2) is 250 Å². The van der Waals surface area contributed by atoms with Crippen LogP contribution in [-0.4, -0.2) is 52.7 Å². The van der Waals surface area contributed by atoms with Crippen LogP contribution >= 0.6 is 0 Å². The Hall–Kier alpha value is -11.0. The molecule has 0 spiro atoms. The van der Waals surface area contributed by atoms with Crippen LogP contribution in [-0.2, 0) is 0 Å². The number of pyridine rings is 5. The monoisotopic (exact) mass is 1010 g/mol. The van der Waals surface area contributed by atoms with E-state index in [4.69, 9.17) is 29.9 Å². The molecule has 0 atom stereocenters. The van der Waals surface area contributed by atoms with Gasteiger partial charge in [-0.3, -0.25) is 29.5 Å². The molecule has 0 fully saturated rings. The van der Waals surface area contributed by atoms with Crippen LogP contribution < -0.4 is 0 Å². The maximum atomic E-state index is 5.93. The molecule has 368 valence electrons. The maximum Gasteiger partial charge on any atom is 0.148 e. The molecule has 7 aromatic carbocycles. The van der Waals surface area contributed by atoms with Crippen molar-refractivity contribution in [3.8, 4) is 51.0 Å². The Morgan fingerprint density at radius 1 is 0.241 bits per heavy atom. The number of aromatic nitrogens is 11. The topological polar surface area (TPSA) is 102 Å². The molecule has 0 radical (unpaired) electrons. The van der Waals surface area contributed by atoms with Gasteiger partial charge in [0.2, 0.25) is 0 Å². The van der Waals surface area contributed by atoms with Crippen LogP contribution in [0.2, 0.25) is 0 Å². The molecule has 0 bridgehead atoms. The molecule has 0 unspecified atom stereocenters. The number of benzene rings is 7. The Balaban J connectivity index is 1.28. The van der Waals surface area contributed by atoms with E-state index in [1.807, 2.05) is 62.0 Å². The van der Waals surface area contributed by atoms with Gasteiger partial charge in [0, 0.05) is 116 Å². The van der Waals surface area contributed by atoms with Gasteiger partial charge in [0.05, 0.1) is 83.5 Å². The van der Waals surface area contributed by atoms with Gasteiger partial charge in [-0.25, -0.2) is 4.98 Å². The predicted octanol–water partition coefficient (Wildman–Crippen LogP) is 15.7. The van der Waals surface area contributed by atoms with E-state index in [0.717, 1.165) is 149 Å². The fourth-order valence-corrected chi connectivity index (χ4v) is 12.8. The zero-order valence-electron chi connectivity index (χ0n) is 42.1. The summed E-state index contributed by atoms with van der Waals surface area (Å²) in [6.45, 7) is 0. The zero-order chi connectivity index (χ0) is 51.7. The van der Waals surface area contributed by atoms with Crippen molar-refractivity contribution in [1.29, 1.82) is 0 Å². The van der Waals surface area contributed by atoms with Crippen LogP contribution in [0.4, 0.5) is 0 Å². The second kappa shape index (κ2) is 16.7. The lowest BCUT2D eigenvalue weighted by Gasteiger charge is -2.31. The van der Waals surface area contributed by atoms with Gasteiger partial charge in [-0.15, -0.1) is 0 Å².